The van der Waals surface area contributed by atoms with Gasteiger partial charge in [-0.3, -0.25) is 9.78 Å². The molecule has 0 atom stereocenters. The van der Waals surface area contributed by atoms with E-state index in [1.165, 1.54) is 6.07 Å². The van der Waals surface area contributed by atoms with Crippen molar-refractivity contribution in [2.75, 3.05) is 12.4 Å². The molecule has 0 saturated carbocycles. The van der Waals surface area contributed by atoms with Gasteiger partial charge in [-0.05, 0) is 23.8 Å². The van der Waals surface area contributed by atoms with E-state index in [0.717, 1.165) is 11.1 Å². The predicted molar refractivity (Wildman–Crippen MR) is 93.9 cm³/mol. The Balaban J connectivity index is 1.73. The molecular formula is C17H16FN7O. The predicted octanol–water partition coefficient (Wildman–Crippen LogP) is 2.57. The number of anilines is 2. The van der Waals surface area contributed by atoms with Crippen molar-refractivity contribution in [1.29, 1.82) is 0 Å². The second kappa shape index (κ2) is 6.43. The van der Waals surface area contributed by atoms with Gasteiger partial charge in [-0.15, -0.1) is 0 Å². The van der Waals surface area contributed by atoms with Crippen LogP contribution in [0.2, 0.25) is 0 Å². The van der Waals surface area contributed by atoms with Gasteiger partial charge in [-0.2, -0.15) is 15.2 Å². The van der Waals surface area contributed by atoms with Crippen molar-refractivity contribution in [1.82, 2.24) is 29.9 Å². The Morgan fingerprint density at radius 1 is 1.27 bits per heavy atom. The summed E-state index contributed by atoms with van der Waals surface area (Å²) in [7, 11) is 3.37. The summed E-state index contributed by atoms with van der Waals surface area (Å²) in [6, 6.07) is 4.63. The molecule has 0 amide bonds. The molecule has 3 aromatic heterocycles. The summed E-state index contributed by atoms with van der Waals surface area (Å²) in [6.07, 6.45) is 5.39. The molecule has 3 heterocycles. The first-order chi connectivity index (χ1) is 12.6. The number of methoxy groups -OCH3 is 1. The van der Waals surface area contributed by atoms with E-state index in [9.17, 15) is 4.39 Å². The van der Waals surface area contributed by atoms with E-state index in [-0.39, 0.29) is 12.2 Å². The Hall–Kier alpha value is -3.49. The molecule has 0 aliphatic carbocycles. The summed E-state index contributed by atoms with van der Waals surface area (Å²) >= 11 is 0. The van der Waals surface area contributed by atoms with Crippen molar-refractivity contribution >= 4 is 22.7 Å². The van der Waals surface area contributed by atoms with E-state index >= 15 is 0 Å². The number of benzene rings is 1. The van der Waals surface area contributed by atoms with Gasteiger partial charge in [0.05, 0.1) is 36.3 Å². The minimum absolute atomic E-state index is 0.281. The second-order valence-corrected chi connectivity index (χ2v) is 5.79. The number of nitrogens with zero attached hydrogens (tertiary/aromatic N) is 5. The molecule has 0 fully saturated rings. The molecule has 0 bridgehead atoms. The van der Waals surface area contributed by atoms with E-state index in [4.69, 9.17) is 4.74 Å². The summed E-state index contributed by atoms with van der Waals surface area (Å²) in [5.41, 5.74) is 2.47. The van der Waals surface area contributed by atoms with Crippen LogP contribution in [0.4, 0.5) is 16.0 Å². The molecule has 26 heavy (non-hydrogen) atoms. The number of ether oxygens (including phenoxy) is 1. The fourth-order valence-electron chi connectivity index (χ4n) is 2.69. The van der Waals surface area contributed by atoms with Gasteiger partial charge in [-0.25, -0.2) is 9.37 Å². The van der Waals surface area contributed by atoms with Crippen molar-refractivity contribution < 1.29 is 9.13 Å². The van der Waals surface area contributed by atoms with Crippen LogP contribution in [0.15, 0.2) is 36.8 Å². The average Bonchev–Trinajstić information content (AvgIpc) is 3.26. The van der Waals surface area contributed by atoms with Gasteiger partial charge in [-0.1, -0.05) is 0 Å². The van der Waals surface area contributed by atoms with E-state index < -0.39 is 0 Å². The Morgan fingerprint density at radius 2 is 2.15 bits per heavy atom. The minimum Gasteiger partial charge on any atom is -0.497 e. The van der Waals surface area contributed by atoms with E-state index in [0.29, 0.717) is 28.6 Å². The van der Waals surface area contributed by atoms with Gasteiger partial charge in [0.25, 0.3) is 0 Å². The number of rotatable bonds is 5. The van der Waals surface area contributed by atoms with Crippen molar-refractivity contribution in [2.45, 2.75) is 6.42 Å². The minimum atomic E-state index is -0.317. The maximum Gasteiger partial charge on any atom is 0.229 e. The largest absolute Gasteiger partial charge is 0.497 e. The number of fused-ring (bicyclic) bond motifs is 1. The van der Waals surface area contributed by atoms with Crippen molar-refractivity contribution in [2.24, 2.45) is 7.05 Å². The lowest BCUT2D eigenvalue weighted by molar-refractivity contribution is 0.413. The van der Waals surface area contributed by atoms with Crippen LogP contribution in [0, 0.1) is 5.82 Å². The van der Waals surface area contributed by atoms with Gasteiger partial charge in [0.2, 0.25) is 5.95 Å². The number of halogens is 1. The molecule has 8 nitrogen and oxygen atoms in total. The number of aryl methyl sites for hydroxylation is 1. The van der Waals surface area contributed by atoms with E-state index in [2.05, 4.69) is 30.6 Å². The topological polar surface area (TPSA) is 93.5 Å². The van der Waals surface area contributed by atoms with Gasteiger partial charge in [0, 0.05) is 19.7 Å². The van der Waals surface area contributed by atoms with Crippen LogP contribution in [-0.2, 0) is 13.5 Å². The van der Waals surface area contributed by atoms with Crippen LogP contribution in [0.3, 0.4) is 0 Å². The number of hydrogen-bond acceptors (Lipinski definition) is 6. The molecule has 0 spiro atoms. The fraction of sp³-hybridized carbons (Fsp3) is 0.176. The summed E-state index contributed by atoms with van der Waals surface area (Å²) in [5, 5.41) is 14.8. The highest BCUT2D eigenvalue weighted by Gasteiger charge is 2.13. The second-order valence-electron chi connectivity index (χ2n) is 5.79. The number of H-pyrrole nitrogens is 1. The average molecular weight is 353 g/mol. The zero-order chi connectivity index (χ0) is 18.1. The van der Waals surface area contributed by atoms with Crippen molar-refractivity contribution in [3.05, 3.63) is 53.9 Å². The number of aromatic amines is 1. The first-order valence-corrected chi connectivity index (χ1v) is 7.90. The van der Waals surface area contributed by atoms with Crippen molar-refractivity contribution in [3.8, 4) is 5.75 Å². The van der Waals surface area contributed by atoms with Gasteiger partial charge >= 0.3 is 0 Å². The zero-order valence-corrected chi connectivity index (χ0v) is 14.2. The first kappa shape index (κ1) is 16.0. The SMILES string of the molecule is COc1ccc(F)c(Cc2nc(Nc3cnn(C)c3)nc3[nH]ncc23)c1. The lowest BCUT2D eigenvalue weighted by atomic mass is 10.1. The number of nitrogens with one attached hydrogen (secondary N) is 2. The van der Waals surface area contributed by atoms with Crippen molar-refractivity contribution in [3.63, 3.8) is 0 Å². The van der Waals surface area contributed by atoms with E-state index in [1.54, 1.807) is 36.3 Å². The molecular weight excluding hydrogens is 337 g/mol. The fourth-order valence-corrected chi connectivity index (χ4v) is 2.69. The van der Waals surface area contributed by atoms with Crippen LogP contribution in [-0.4, -0.2) is 37.1 Å². The van der Waals surface area contributed by atoms with Crippen LogP contribution < -0.4 is 10.1 Å². The Morgan fingerprint density at radius 3 is 2.92 bits per heavy atom. The van der Waals surface area contributed by atoms with Gasteiger partial charge < -0.3 is 10.1 Å². The van der Waals surface area contributed by atoms with Gasteiger partial charge in [0.1, 0.15) is 11.6 Å². The Kier molecular flexibility index (Phi) is 3.96. The molecule has 4 aromatic rings. The third-order valence-corrected chi connectivity index (χ3v) is 3.96. The monoisotopic (exact) mass is 353 g/mol. The lowest BCUT2D eigenvalue weighted by Gasteiger charge is -2.09. The van der Waals surface area contributed by atoms with Gasteiger partial charge in [0.15, 0.2) is 5.65 Å². The standard InChI is InChI=1S/C17H16FN7O/c1-25-9-11(7-20-25)21-17-22-15(13-8-19-24-16(13)23-17)6-10-5-12(26-2)3-4-14(10)18/h3-5,7-9H,6H2,1-2H3,(H2,19,21,22,23,24). The Bertz CT molecular complexity index is 1070. The smallest absolute Gasteiger partial charge is 0.229 e. The molecule has 4 rings (SSSR count). The lowest BCUT2D eigenvalue weighted by Crippen LogP contribution is -2.03. The highest BCUT2D eigenvalue weighted by Crippen LogP contribution is 2.24. The molecule has 2 N–H and O–H groups in total. The van der Waals surface area contributed by atoms with Crippen LogP contribution in [0.25, 0.3) is 11.0 Å². The maximum atomic E-state index is 14.2. The number of aromatic nitrogens is 6. The quantitative estimate of drug-likeness (QED) is 0.573. The molecule has 0 radical (unpaired) electrons. The molecule has 0 saturated heterocycles. The summed E-state index contributed by atoms with van der Waals surface area (Å²) < 4.78 is 21.1. The molecule has 0 unspecified atom stereocenters. The number of hydrogen-bond donors (Lipinski definition) is 2. The normalized spacial score (nSPS) is 11.0. The molecule has 132 valence electrons. The highest BCUT2D eigenvalue weighted by molar-refractivity contribution is 5.78. The highest BCUT2D eigenvalue weighted by atomic mass is 19.1. The molecule has 9 heteroatoms. The molecule has 0 aliphatic heterocycles. The van der Waals surface area contributed by atoms with Crippen LogP contribution in [0.1, 0.15) is 11.3 Å². The summed E-state index contributed by atoms with van der Waals surface area (Å²) in [5.74, 6) is 0.656. The van der Waals surface area contributed by atoms with E-state index in [1.807, 2.05) is 13.2 Å². The summed E-state index contributed by atoms with van der Waals surface area (Å²) in [6.45, 7) is 0. The van der Waals surface area contributed by atoms with Crippen LogP contribution in [0.5, 0.6) is 5.75 Å². The Labute approximate surface area is 148 Å². The summed E-state index contributed by atoms with van der Waals surface area (Å²) in [4.78, 5) is 8.95. The van der Waals surface area contributed by atoms with Crippen LogP contribution >= 0.6 is 0 Å². The molecule has 0 aliphatic rings. The zero-order valence-electron chi connectivity index (χ0n) is 14.2. The molecule has 1 aromatic carbocycles. The third kappa shape index (κ3) is 3.06. The first-order valence-electron chi connectivity index (χ1n) is 7.90. The maximum absolute atomic E-state index is 14.2. The third-order valence-electron chi connectivity index (χ3n) is 3.96.